The molecule has 1 unspecified atom stereocenters. The maximum absolute atomic E-state index is 13.5. The van der Waals surface area contributed by atoms with Gasteiger partial charge in [0.25, 0.3) is 0 Å². The monoisotopic (exact) mass is 453 g/mol. The van der Waals surface area contributed by atoms with Crippen LogP contribution in [-0.4, -0.2) is 63.9 Å². The predicted octanol–water partition coefficient (Wildman–Crippen LogP) is 3.70. The summed E-state index contributed by atoms with van der Waals surface area (Å²) in [5.41, 5.74) is -0.956. The van der Waals surface area contributed by atoms with E-state index in [0.717, 1.165) is 18.9 Å². The molecule has 0 bridgehead atoms. The number of benzene rings is 1. The molecule has 0 N–H and O–H groups in total. The molecule has 0 saturated carbocycles. The third-order valence-electron chi connectivity index (χ3n) is 6.77. The van der Waals surface area contributed by atoms with E-state index in [4.69, 9.17) is 14.7 Å². The Morgan fingerprint density at radius 1 is 1.28 bits per heavy atom. The number of methoxy groups -OCH3 is 1. The number of hydrogen-bond donors (Lipinski definition) is 0. The van der Waals surface area contributed by atoms with E-state index in [1.807, 2.05) is 16.7 Å². The summed E-state index contributed by atoms with van der Waals surface area (Å²) in [6.07, 6.45) is -2.55. The summed E-state index contributed by atoms with van der Waals surface area (Å²) in [6.45, 7) is 5.74. The van der Waals surface area contributed by atoms with Gasteiger partial charge < -0.3 is 19.3 Å². The molecular weight excluding hydrogens is 423 g/mol. The molecule has 1 aromatic rings. The molecule has 1 atom stereocenters. The molecule has 0 aromatic heterocycles. The first-order valence-corrected chi connectivity index (χ1v) is 10.9. The second-order valence-electron chi connectivity index (χ2n) is 8.58. The fourth-order valence-electron chi connectivity index (χ4n) is 4.88. The van der Waals surface area contributed by atoms with E-state index in [0.29, 0.717) is 58.1 Å². The topological polar surface area (TPSA) is 65.8 Å². The molecule has 9 heteroatoms. The molecule has 2 fully saturated rings. The van der Waals surface area contributed by atoms with Gasteiger partial charge >= 0.3 is 6.18 Å². The first-order valence-electron chi connectivity index (χ1n) is 10.9. The first-order chi connectivity index (χ1) is 15.2. The minimum atomic E-state index is -4.59. The van der Waals surface area contributed by atoms with E-state index in [9.17, 15) is 18.0 Å². The lowest BCUT2D eigenvalue weighted by molar-refractivity contribution is -0.137. The van der Waals surface area contributed by atoms with Crippen LogP contribution in [0.4, 0.5) is 18.9 Å². The number of nitriles is 1. The van der Waals surface area contributed by atoms with Crippen molar-refractivity contribution in [1.82, 2.24) is 4.90 Å². The predicted molar refractivity (Wildman–Crippen MR) is 113 cm³/mol. The standard InChI is InChI=1S/C23H30F3N3O3/c1-3-21(30)28-8-6-22(7-9-28)16-29(14-18(22)15-32-11-10-31-2)19-5-4-17(13-27)20(12-19)23(24,25)26/h4-5,12,18H,3,6-11,14-16H2,1-2H3. The number of ether oxygens (including phenoxy) is 2. The molecule has 6 nitrogen and oxygen atoms in total. The van der Waals surface area contributed by atoms with Crippen LogP contribution in [-0.2, 0) is 20.4 Å². The van der Waals surface area contributed by atoms with Crippen LogP contribution in [0.15, 0.2) is 18.2 Å². The van der Waals surface area contributed by atoms with E-state index < -0.39 is 11.7 Å². The fraction of sp³-hybridized carbons (Fsp3) is 0.652. The van der Waals surface area contributed by atoms with Gasteiger partial charge in [0.2, 0.25) is 5.91 Å². The minimum Gasteiger partial charge on any atom is -0.382 e. The Morgan fingerprint density at radius 2 is 2.00 bits per heavy atom. The number of halogens is 3. The van der Waals surface area contributed by atoms with Gasteiger partial charge in [0.1, 0.15) is 0 Å². The third kappa shape index (κ3) is 5.18. The number of alkyl halides is 3. The third-order valence-corrected chi connectivity index (χ3v) is 6.77. The van der Waals surface area contributed by atoms with Gasteiger partial charge in [0, 0.05) is 51.3 Å². The number of nitrogens with zero attached hydrogens (tertiary/aromatic N) is 3. The quantitative estimate of drug-likeness (QED) is 0.589. The molecular formula is C23H30F3N3O3. The van der Waals surface area contributed by atoms with Gasteiger partial charge in [-0.15, -0.1) is 0 Å². The van der Waals surface area contributed by atoms with Crippen LogP contribution in [0.3, 0.4) is 0 Å². The van der Waals surface area contributed by atoms with Gasteiger partial charge in [-0.05, 0) is 36.5 Å². The second-order valence-corrected chi connectivity index (χ2v) is 8.58. The summed E-state index contributed by atoms with van der Waals surface area (Å²) >= 11 is 0. The summed E-state index contributed by atoms with van der Waals surface area (Å²) in [5.74, 6) is 0.257. The maximum atomic E-state index is 13.5. The lowest BCUT2D eigenvalue weighted by Gasteiger charge is -2.42. The van der Waals surface area contributed by atoms with Crippen molar-refractivity contribution < 1.29 is 27.4 Å². The summed E-state index contributed by atoms with van der Waals surface area (Å²) in [4.78, 5) is 16.0. The molecule has 0 radical (unpaired) electrons. The van der Waals surface area contributed by atoms with Crippen molar-refractivity contribution in [2.45, 2.75) is 32.4 Å². The Balaban J connectivity index is 1.82. The zero-order chi connectivity index (χ0) is 23.4. The van der Waals surface area contributed by atoms with Gasteiger partial charge in [0.05, 0.1) is 37.0 Å². The first kappa shape index (κ1) is 24.3. The van der Waals surface area contributed by atoms with Crippen molar-refractivity contribution in [2.24, 2.45) is 11.3 Å². The molecule has 1 spiro atoms. The van der Waals surface area contributed by atoms with Crippen molar-refractivity contribution in [3.8, 4) is 6.07 Å². The number of anilines is 1. The molecule has 0 aliphatic carbocycles. The summed E-state index contributed by atoms with van der Waals surface area (Å²) in [6, 6.07) is 5.55. The zero-order valence-electron chi connectivity index (χ0n) is 18.6. The molecule has 2 aliphatic heterocycles. The maximum Gasteiger partial charge on any atom is 0.417 e. The molecule has 1 amide bonds. The number of carbonyl (C=O) groups is 1. The van der Waals surface area contributed by atoms with E-state index in [1.54, 1.807) is 19.2 Å². The van der Waals surface area contributed by atoms with Crippen molar-refractivity contribution in [2.75, 3.05) is 58.0 Å². The van der Waals surface area contributed by atoms with E-state index in [1.165, 1.54) is 6.07 Å². The largest absolute Gasteiger partial charge is 0.417 e. The van der Waals surface area contributed by atoms with Crippen molar-refractivity contribution >= 4 is 11.6 Å². The van der Waals surface area contributed by atoms with Crippen LogP contribution in [0.25, 0.3) is 0 Å². The van der Waals surface area contributed by atoms with Crippen LogP contribution in [0.2, 0.25) is 0 Å². The highest BCUT2D eigenvalue weighted by Crippen LogP contribution is 2.47. The number of hydrogen-bond acceptors (Lipinski definition) is 5. The van der Waals surface area contributed by atoms with Gasteiger partial charge in [-0.3, -0.25) is 4.79 Å². The molecule has 1 aromatic carbocycles. The molecule has 2 aliphatic rings. The molecule has 32 heavy (non-hydrogen) atoms. The summed E-state index contributed by atoms with van der Waals surface area (Å²) < 4.78 is 51.3. The van der Waals surface area contributed by atoms with Crippen molar-refractivity contribution in [3.63, 3.8) is 0 Å². The highest BCUT2D eigenvalue weighted by molar-refractivity contribution is 5.75. The Labute approximate surface area is 186 Å². The van der Waals surface area contributed by atoms with Gasteiger partial charge in [-0.1, -0.05) is 6.92 Å². The SMILES string of the molecule is CCC(=O)N1CCC2(CC1)CN(c1ccc(C#N)c(C(F)(F)F)c1)CC2COCCOC. The highest BCUT2D eigenvalue weighted by Gasteiger charge is 2.48. The number of carbonyl (C=O) groups excluding carboxylic acids is 1. The number of amides is 1. The van der Waals surface area contributed by atoms with Crippen LogP contribution < -0.4 is 4.90 Å². The zero-order valence-corrected chi connectivity index (χ0v) is 18.6. The second kappa shape index (κ2) is 10.1. The lowest BCUT2D eigenvalue weighted by atomic mass is 9.71. The Hall–Kier alpha value is -2.31. The average molecular weight is 454 g/mol. The van der Waals surface area contributed by atoms with E-state index in [-0.39, 0.29) is 22.8 Å². The Morgan fingerprint density at radius 3 is 2.59 bits per heavy atom. The van der Waals surface area contributed by atoms with Gasteiger partial charge in [0.15, 0.2) is 0 Å². The van der Waals surface area contributed by atoms with Crippen molar-refractivity contribution in [3.05, 3.63) is 29.3 Å². The molecule has 176 valence electrons. The average Bonchev–Trinajstić information content (AvgIpc) is 3.13. The van der Waals surface area contributed by atoms with Gasteiger partial charge in [-0.25, -0.2) is 0 Å². The fourth-order valence-corrected chi connectivity index (χ4v) is 4.88. The van der Waals surface area contributed by atoms with Gasteiger partial charge in [-0.2, -0.15) is 18.4 Å². The van der Waals surface area contributed by atoms with Crippen molar-refractivity contribution in [1.29, 1.82) is 5.26 Å². The van der Waals surface area contributed by atoms with Crippen LogP contribution in [0.5, 0.6) is 0 Å². The number of rotatable bonds is 7. The van der Waals surface area contributed by atoms with E-state index in [2.05, 4.69) is 0 Å². The Kier molecular flexibility index (Phi) is 7.67. The normalized spacial score (nSPS) is 20.6. The lowest BCUT2D eigenvalue weighted by Crippen LogP contribution is -2.47. The Bertz CT molecular complexity index is 845. The summed E-state index contributed by atoms with van der Waals surface area (Å²) in [5, 5.41) is 9.09. The number of likely N-dealkylation sites (tertiary alicyclic amines) is 1. The van der Waals surface area contributed by atoms with Crippen LogP contribution in [0.1, 0.15) is 37.3 Å². The van der Waals surface area contributed by atoms with E-state index >= 15 is 0 Å². The number of piperidine rings is 1. The van der Waals surface area contributed by atoms with Crippen LogP contribution in [0, 0.1) is 22.7 Å². The molecule has 2 heterocycles. The van der Waals surface area contributed by atoms with Crippen LogP contribution >= 0.6 is 0 Å². The smallest absolute Gasteiger partial charge is 0.382 e. The summed E-state index contributed by atoms with van der Waals surface area (Å²) in [7, 11) is 1.60. The molecule has 3 rings (SSSR count). The molecule has 2 saturated heterocycles. The highest BCUT2D eigenvalue weighted by atomic mass is 19.4. The minimum absolute atomic E-state index is 0.128.